The number of hydrogen-bond acceptors (Lipinski definition) is 4. The molecule has 0 aromatic carbocycles. The monoisotopic (exact) mass is 178 g/mol. The van der Waals surface area contributed by atoms with Gasteiger partial charge in [0.25, 0.3) is 0 Å². The Labute approximate surface area is 135 Å². The van der Waals surface area contributed by atoms with Crippen LogP contribution in [0, 0.1) is 0 Å². The molecule has 0 aliphatic carbocycles. The third kappa shape index (κ3) is 185. The molecule has 0 unspecified atom stereocenters. The van der Waals surface area contributed by atoms with Gasteiger partial charge in [0.15, 0.2) is 0 Å². The standard InChI is InChI=1S/4BH2N.Mg.2Na/c4*1-2;;;/h4*2H2;;;/q4*-1;+2;2*+1. The second-order valence-electron chi connectivity index (χ2n) is 0. The molecule has 8 N–H and O–H groups in total. The van der Waals surface area contributed by atoms with Gasteiger partial charge in [-0.3, -0.25) is 0 Å². The second-order valence-corrected chi connectivity index (χ2v) is 0. The summed E-state index contributed by atoms with van der Waals surface area (Å²) in [5.41, 5.74) is 16.0. The van der Waals surface area contributed by atoms with Gasteiger partial charge in [-0.1, -0.05) is 0 Å². The van der Waals surface area contributed by atoms with Crippen molar-refractivity contribution in [3.05, 3.63) is 0 Å². The average molecular weight is 178 g/mol. The van der Waals surface area contributed by atoms with Crippen LogP contribution in [0.2, 0.25) is 0 Å². The molecule has 0 bridgehead atoms. The molecule has 0 aromatic heterocycles. The Morgan fingerprint density at radius 1 is 0.455 bits per heavy atom. The first-order valence-electron chi connectivity index (χ1n) is 1.33. The topological polar surface area (TPSA) is 104 Å². The van der Waals surface area contributed by atoms with Crippen molar-refractivity contribution in [2.24, 2.45) is 22.6 Å². The molecular formula is H8B4MgN4Na2. The van der Waals surface area contributed by atoms with E-state index in [9.17, 15) is 0 Å². The molecular weight excluding hydrogens is 170 g/mol. The zero-order chi connectivity index (χ0) is 8.00. The van der Waals surface area contributed by atoms with Crippen LogP contribution in [0.25, 0.3) is 0 Å². The molecule has 44 valence electrons. The maximum atomic E-state index is 4.00. The fourth-order valence-corrected chi connectivity index (χ4v) is 0. The minimum Gasteiger partial charge on any atom is -0.605 e. The smallest absolute Gasteiger partial charge is 0.605 e. The summed E-state index contributed by atoms with van der Waals surface area (Å²) in [7, 11) is 16.0. The second kappa shape index (κ2) is 221. The van der Waals surface area contributed by atoms with E-state index < -0.39 is 0 Å². The van der Waals surface area contributed by atoms with Gasteiger partial charge in [0, 0.05) is 0 Å². The predicted octanol–water partition coefficient (Wildman–Crippen LogP) is -10.3. The van der Waals surface area contributed by atoms with Gasteiger partial charge >= 0.3 is 82.2 Å². The van der Waals surface area contributed by atoms with Gasteiger partial charge < -0.3 is 54.5 Å². The Morgan fingerprint density at radius 2 is 0.455 bits per heavy atom. The Balaban J connectivity index is -0.00000000356. The molecule has 0 fully saturated rings. The summed E-state index contributed by atoms with van der Waals surface area (Å²) in [6.45, 7) is 0. The van der Waals surface area contributed by atoms with Crippen molar-refractivity contribution in [2.45, 2.75) is 0 Å². The van der Waals surface area contributed by atoms with Crippen molar-refractivity contribution in [3.63, 3.8) is 0 Å². The van der Waals surface area contributed by atoms with Crippen molar-refractivity contribution in [2.75, 3.05) is 0 Å². The summed E-state index contributed by atoms with van der Waals surface area (Å²) in [6, 6.07) is 0. The quantitative estimate of drug-likeness (QED) is 0.276. The normalized spacial score (nSPS) is 2.18. The Bertz CT molecular complexity index is 20.1. The maximum Gasteiger partial charge on any atom is 2.00 e. The van der Waals surface area contributed by atoms with E-state index in [1.165, 1.54) is 0 Å². The van der Waals surface area contributed by atoms with Crippen LogP contribution in [0.1, 0.15) is 0 Å². The van der Waals surface area contributed by atoms with E-state index in [1.807, 2.05) is 0 Å². The minimum atomic E-state index is 0. The molecule has 0 amide bonds. The Hall–Kier alpha value is 2.87. The average Bonchev–Trinajstić information content (AvgIpc) is 2.03. The zero-order valence-electron chi connectivity index (χ0n) is 7.33. The van der Waals surface area contributed by atoms with Gasteiger partial charge in [0.1, 0.15) is 0 Å². The number of nitrogens with two attached hydrogens (primary N) is 4. The van der Waals surface area contributed by atoms with Crippen molar-refractivity contribution >= 4 is 55.0 Å². The predicted molar refractivity (Wildman–Crippen MR) is 45.5 cm³/mol. The van der Waals surface area contributed by atoms with Crippen molar-refractivity contribution in [3.8, 4) is 0 Å². The Kier molecular flexibility index (Phi) is 976. The largest absolute Gasteiger partial charge is 2.00 e. The summed E-state index contributed by atoms with van der Waals surface area (Å²) in [5, 5.41) is 0. The van der Waals surface area contributed by atoms with Crippen LogP contribution in [0.5, 0.6) is 0 Å². The molecule has 0 rings (SSSR count). The summed E-state index contributed by atoms with van der Waals surface area (Å²) < 4.78 is 0. The molecule has 0 aliphatic heterocycles. The van der Waals surface area contributed by atoms with Crippen molar-refractivity contribution in [1.82, 2.24) is 0 Å². The van der Waals surface area contributed by atoms with Crippen LogP contribution in [0.15, 0.2) is 0 Å². The summed E-state index contributed by atoms with van der Waals surface area (Å²) in [6.07, 6.45) is 0. The van der Waals surface area contributed by atoms with E-state index in [-0.39, 0.29) is 82.2 Å². The van der Waals surface area contributed by atoms with Gasteiger partial charge in [-0.25, -0.2) is 0 Å². The molecule has 11 heteroatoms. The van der Waals surface area contributed by atoms with E-state index in [1.54, 1.807) is 0 Å². The molecule has 0 heterocycles. The number of rotatable bonds is 0. The molecule has 0 spiro atoms. The first-order chi connectivity index (χ1) is 4.00. The zero-order valence-corrected chi connectivity index (χ0v) is 12.7. The van der Waals surface area contributed by atoms with Gasteiger partial charge in [-0.2, -0.15) is 0 Å². The molecule has 12 radical (unpaired) electrons. The van der Waals surface area contributed by atoms with E-state index >= 15 is 0 Å². The van der Waals surface area contributed by atoms with Gasteiger partial charge in [0.05, 0.1) is 0 Å². The maximum absolute atomic E-state index is 4.00. The van der Waals surface area contributed by atoms with Gasteiger partial charge in [-0.15, -0.1) is 0 Å². The van der Waals surface area contributed by atoms with E-state index in [4.69, 9.17) is 0 Å². The van der Waals surface area contributed by atoms with Crippen LogP contribution in [-0.4, -0.2) is 55.0 Å². The first-order valence-corrected chi connectivity index (χ1v) is 1.33. The van der Waals surface area contributed by atoms with Crippen molar-refractivity contribution in [1.29, 1.82) is 0 Å². The Morgan fingerprint density at radius 3 is 0.455 bits per heavy atom. The van der Waals surface area contributed by atoms with Crippen LogP contribution in [-0.2, 0) is 0 Å². The third-order valence-corrected chi connectivity index (χ3v) is 0. The summed E-state index contributed by atoms with van der Waals surface area (Å²) >= 11 is 0. The van der Waals surface area contributed by atoms with Crippen LogP contribution >= 0.6 is 0 Å². The third-order valence-electron chi connectivity index (χ3n) is 0. The van der Waals surface area contributed by atoms with E-state index in [0.717, 1.165) is 0 Å². The number of hydrogen-bond donors (Lipinski definition) is 4. The molecule has 11 heavy (non-hydrogen) atoms. The molecule has 0 aliphatic rings. The fourth-order valence-electron chi connectivity index (χ4n) is 0. The molecule has 0 saturated carbocycles. The molecule has 0 aromatic rings. The van der Waals surface area contributed by atoms with Gasteiger partial charge in [0.2, 0.25) is 0 Å². The molecule has 0 atom stereocenters. The van der Waals surface area contributed by atoms with E-state index in [2.05, 4.69) is 54.5 Å². The molecule has 0 saturated heterocycles. The van der Waals surface area contributed by atoms with Crippen LogP contribution in [0.4, 0.5) is 0 Å². The fraction of sp³-hybridized carbons (Fsp3) is 0. The first kappa shape index (κ1) is 48.7. The SMILES string of the molecule is [B-]N.[B-]N.[B-]N.[B-]N.[Mg+2].[Na+].[Na+]. The van der Waals surface area contributed by atoms with E-state index in [0.29, 0.717) is 0 Å². The van der Waals surface area contributed by atoms with Crippen LogP contribution in [0.3, 0.4) is 0 Å². The van der Waals surface area contributed by atoms with Gasteiger partial charge in [-0.05, 0) is 0 Å². The molecule has 4 nitrogen and oxygen atoms in total. The van der Waals surface area contributed by atoms with Crippen molar-refractivity contribution < 1.29 is 59.1 Å². The van der Waals surface area contributed by atoms with Crippen LogP contribution < -0.4 is 81.7 Å². The summed E-state index contributed by atoms with van der Waals surface area (Å²) in [4.78, 5) is 0. The summed E-state index contributed by atoms with van der Waals surface area (Å²) in [5.74, 6) is 0. The minimum absolute atomic E-state index is 0.